The van der Waals surface area contributed by atoms with Crippen molar-refractivity contribution < 1.29 is 4.79 Å². The normalized spacial score (nSPS) is 10.6. The van der Waals surface area contributed by atoms with E-state index in [9.17, 15) is 4.79 Å². The van der Waals surface area contributed by atoms with Gasteiger partial charge in [0, 0.05) is 23.8 Å². The Balaban J connectivity index is 2.67. The lowest BCUT2D eigenvalue weighted by atomic mass is 10.1. The van der Waals surface area contributed by atoms with Crippen molar-refractivity contribution >= 4 is 16.8 Å². The first-order valence-corrected chi connectivity index (χ1v) is 4.61. The van der Waals surface area contributed by atoms with Gasteiger partial charge in [-0.25, -0.2) is 0 Å². The molecule has 0 saturated carbocycles. The molecule has 3 heteroatoms. The second-order valence-corrected chi connectivity index (χ2v) is 3.24. The van der Waals surface area contributed by atoms with E-state index in [0.29, 0.717) is 5.56 Å². The van der Waals surface area contributed by atoms with Crippen molar-refractivity contribution in [2.75, 3.05) is 0 Å². The molecular weight excluding hydrogens is 176 g/mol. The fraction of sp³-hybridized carbons (Fsp3) is 0.182. The second kappa shape index (κ2) is 3.18. The summed E-state index contributed by atoms with van der Waals surface area (Å²) in [5.41, 5.74) is 6.84. The summed E-state index contributed by atoms with van der Waals surface area (Å²) in [7, 11) is 0. The van der Waals surface area contributed by atoms with Crippen LogP contribution in [0.1, 0.15) is 17.3 Å². The molecule has 0 saturated heterocycles. The Bertz CT molecular complexity index is 485. The van der Waals surface area contributed by atoms with Crippen LogP contribution in [0.3, 0.4) is 0 Å². The van der Waals surface area contributed by atoms with E-state index < -0.39 is 0 Å². The van der Waals surface area contributed by atoms with Gasteiger partial charge in [0.15, 0.2) is 0 Å². The zero-order chi connectivity index (χ0) is 10.1. The minimum absolute atomic E-state index is 0.379. The number of carbonyl (C=O) groups is 1. The molecule has 0 aliphatic carbocycles. The number of carbonyl (C=O) groups excluding carboxylic acids is 1. The van der Waals surface area contributed by atoms with Gasteiger partial charge in [0.2, 0.25) is 5.91 Å². The van der Waals surface area contributed by atoms with E-state index in [1.54, 1.807) is 6.07 Å². The van der Waals surface area contributed by atoms with E-state index in [0.717, 1.165) is 17.4 Å². The van der Waals surface area contributed by atoms with Crippen molar-refractivity contribution in [2.45, 2.75) is 13.5 Å². The Morgan fingerprint density at radius 3 is 2.86 bits per heavy atom. The Labute approximate surface area is 82.1 Å². The Hall–Kier alpha value is -1.77. The van der Waals surface area contributed by atoms with Gasteiger partial charge in [0.25, 0.3) is 0 Å². The van der Waals surface area contributed by atoms with Gasteiger partial charge in [-0.2, -0.15) is 0 Å². The van der Waals surface area contributed by atoms with E-state index >= 15 is 0 Å². The first-order valence-electron chi connectivity index (χ1n) is 4.61. The summed E-state index contributed by atoms with van der Waals surface area (Å²) >= 11 is 0. The number of aryl methyl sites for hydroxylation is 1. The number of aromatic nitrogens is 1. The van der Waals surface area contributed by atoms with Crippen LogP contribution in [0.5, 0.6) is 0 Å². The maximum atomic E-state index is 11.0. The summed E-state index contributed by atoms with van der Waals surface area (Å²) in [6.45, 7) is 2.96. The number of nitrogens with two attached hydrogens (primary N) is 1. The van der Waals surface area contributed by atoms with Crippen molar-refractivity contribution in [3.8, 4) is 0 Å². The van der Waals surface area contributed by atoms with Gasteiger partial charge in [-0.15, -0.1) is 0 Å². The topological polar surface area (TPSA) is 48.0 Å². The monoisotopic (exact) mass is 188 g/mol. The van der Waals surface area contributed by atoms with Gasteiger partial charge in [-0.05, 0) is 30.5 Å². The number of fused-ring (bicyclic) bond motifs is 1. The van der Waals surface area contributed by atoms with E-state index in [4.69, 9.17) is 5.73 Å². The lowest BCUT2D eigenvalue weighted by molar-refractivity contribution is 0.100. The molecule has 0 unspecified atom stereocenters. The lowest BCUT2D eigenvalue weighted by Crippen LogP contribution is -2.10. The third-order valence-corrected chi connectivity index (χ3v) is 2.40. The first kappa shape index (κ1) is 8.81. The van der Waals surface area contributed by atoms with Crippen LogP contribution in [0, 0.1) is 0 Å². The standard InChI is InChI=1S/C11H12N2O/c1-2-13-6-5-8-3-4-9(11(12)14)7-10(8)13/h3-7H,2H2,1H3,(H2,12,14). The van der Waals surface area contributed by atoms with Crippen LogP contribution >= 0.6 is 0 Å². The van der Waals surface area contributed by atoms with Gasteiger partial charge in [0.1, 0.15) is 0 Å². The Morgan fingerprint density at radius 1 is 1.43 bits per heavy atom. The number of primary amides is 1. The van der Waals surface area contributed by atoms with Gasteiger partial charge in [0.05, 0.1) is 0 Å². The summed E-state index contributed by atoms with van der Waals surface area (Å²) < 4.78 is 2.09. The first-order chi connectivity index (χ1) is 6.72. The van der Waals surface area contributed by atoms with Crippen LogP contribution in [0.4, 0.5) is 0 Å². The van der Waals surface area contributed by atoms with Gasteiger partial charge in [-0.1, -0.05) is 6.07 Å². The molecule has 14 heavy (non-hydrogen) atoms. The quantitative estimate of drug-likeness (QED) is 0.767. The number of amides is 1. The maximum absolute atomic E-state index is 11.0. The highest BCUT2D eigenvalue weighted by Gasteiger charge is 2.04. The molecule has 2 rings (SSSR count). The summed E-state index contributed by atoms with van der Waals surface area (Å²) in [4.78, 5) is 11.0. The second-order valence-electron chi connectivity index (χ2n) is 3.24. The van der Waals surface area contributed by atoms with E-state index in [1.807, 2.05) is 24.4 Å². The van der Waals surface area contributed by atoms with E-state index in [2.05, 4.69) is 11.5 Å². The minimum atomic E-state index is -0.379. The van der Waals surface area contributed by atoms with E-state index in [-0.39, 0.29) is 5.91 Å². The Kier molecular flexibility index (Phi) is 2.00. The average molecular weight is 188 g/mol. The van der Waals surface area contributed by atoms with Crippen molar-refractivity contribution in [1.82, 2.24) is 4.57 Å². The Morgan fingerprint density at radius 2 is 2.21 bits per heavy atom. The summed E-state index contributed by atoms with van der Waals surface area (Å²) in [6, 6.07) is 7.54. The summed E-state index contributed by atoms with van der Waals surface area (Å²) in [5.74, 6) is -0.379. The molecule has 1 amide bonds. The van der Waals surface area contributed by atoms with Crippen molar-refractivity contribution in [2.24, 2.45) is 5.73 Å². The molecule has 0 bridgehead atoms. The van der Waals surface area contributed by atoms with Crippen LogP contribution in [-0.4, -0.2) is 10.5 Å². The minimum Gasteiger partial charge on any atom is -0.366 e. The number of hydrogen-bond donors (Lipinski definition) is 1. The van der Waals surface area contributed by atoms with Gasteiger partial charge >= 0.3 is 0 Å². The number of rotatable bonds is 2. The third-order valence-electron chi connectivity index (χ3n) is 2.40. The summed E-state index contributed by atoms with van der Waals surface area (Å²) in [6.07, 6.45) is 2.01. The van der Waals surface area contributed by atoms with Crippen LogP contribution in [0.15, 0.2) is 30.5 Å². The average Bonchev–Trinajstić information content (AvgIpc) is 2.59. The number of benzene rings is 1. The molecule has 0 aliphatic heterocycles. The number of hydrogen-bond acceptors (Lipinski definition) is 1. The van der Waals surface area contributed by atoms with Crippen molar-refractivity contribution in [1.29, 1.82) is 0 Å². The van der Waals surface area contributed by atoms with Crippen LogP contribution in [0.25, 0.3) is 10.9 Å². The molecule has 0 radical (unpaired) electrons. The molecule has 0 spiro atoms. The molecule has 72 valence electrons. The molecule has 2 N–H and O–H groups in total. The lowest BCUT2D eigenvalue weighted by Gasteiger charge is -2.01. The molecule has 0 atom stereocenters. The highest BCUT2D eigenvalue weighted by molar-refractivity contribution is 5.96. The smallest absolute Gasteiger partial charge is 0.248 e. The van der Waals surface area contributed by atoms with Gasteiger partial charge in [-0.3, -0.25) is 4.79 Å². The molecule has 3 nitrogen and oxygen atoms in total. The molecule has 1 heterocycles. The van der Waals surface area contributed by atoms with Crippen LogP contribution in [-0.2, 0) is 6.54 Å². The highest BCUT2D eigenvalue weighted by Crippen LogP contribution is 2.17. The molecule has 2 aromatic rings. The van der Waals surface area contributed by atoms with Crippen LogP contribution in [0.2, 0.25) is 0 Å². The fourth-order valence-electron chi connectivity index (χ4n) is 1.61. The van der Waals surface area contributed by atoms with Crippen molar-refractivity contribution in [3.63, 3.8) is 0 Å². The van der Waals surface area contributed by atoms with E-state index in [1.165, 1.54) is 0 Å². The highest BCUT2D eigenvalue weighted by atomic mass is 16.1. The molecular formula is C11H12N2O. The molecule has 0 aliphatic rings. The molecule has 1 aromatic carbocycles. The maximum Gasteiger partial charge on any atom is 0.248 e. The fourth-order valence-corrected chi connectivity index (χ4v) is 1.61. The zero-order valence-electron chi connectivity index (χ0n) is 8.03. The molecule has 0 fully saturated rings. The van der Waals surface area contributed by atoms with Gasteiger partial charge < -0.3 is 10.3 Å². The summed E-state index contributed by atoms with van der Waals surface area (Å²) in [5, 5.41) is 1.14. The predicted molar refractivity (Wildman–Crippen MR) is 56.1 cm³/mol. The zero-order valence-corrected chi connectivity index (χ0v) is 8.03. The third kappa shape index (κ3) is 1.27. The molecule has 1 aromatic heterocycles. The van der Waals surface area contributed by atoms with Crippen molar-refractivity contribution in [3.05, 3.63) is 36.0 Å². The predicted octanol–water partition coefficient (Wildman–Crippen LogP) is 1.76. The largest absolute Gasteiger partial charge is 0.366 e. The number of nitrogens with zero attached hydrogens (tertiary/aromatic N) is 1. The van der Waals surface area contributed by atoms with Crippen LogP contribution < -0.4 is 5.73 Å². The SMILES string of the molecule is CCn1ccc2ccc(C(N)=O)cc21.